The molecule has 144 valence electrons. The summed E-state index contributed by atoms with van der Waals surface area (Å²) in [7, 11) is 4.11. The van der Waals surface area contributed by atoms with Gasteiger partial charge in [0, 0.05) is 24.9 Å². The number of quaternary nitrogens is 2. The SMILES string of the molecule is C[N+](C)(C)CCC[Si](O)(O)O[Si](O)(O)CCC[N+](C)(C)C.[CH3-].[CH3-]. The summed E-state index contributed by atoms with van der Waals surface area (Å²) in [5.74, 6) is 0. The average Bonchev–Trinajstić information content (AvgIpc) is 2.09. The van der Waals surface area contributed by atoms with Gasteiger partial charge < -0.3 is 47.1 Å². The van der Waals surface area contributed by atoms with E-state index in [4.69, 9.17) is 4.12 Å². The quantitative estimate of drug-likeness (QED) is 0.245. The molecule has 4 N–H and O–H groups in total. The van der Waals surface area contributed by atoms with Crippen molar-refractivity contribution in [2.24, 2.45) is 0 Å². The largest absolute Gasteiger partial charge is 0.488 e. The lowest BCUT2D eigenvalue weighted by Gasteiger charge is -2.29. The normalized spacial score (nSPS) is 13.3. The number of hydrogen-bond acceptors (Lipinski definition) is 5. The van der Waals surface area contributed by atoms with E-state index in [9.17, 15) is 19.2 Å². The predicted molar refractivity (Wildman–Crippen MR) is 98.9 cm³/mol. The molecule has 0 saturated carbocycles. The van der Waals surface area contributed by atoms with Crippen molar-refractivity contribution >= 4 is 17.6 Å². The number of nitrogens with zero attached hydrogens (tertiary/aromatic N) is 2. The second-order valence-electron chi connectivity index (χ2n) is 7.82. The fourth-order valence-electron chi connectivity index (χ4n) is 1.93. The van der Waals surface area contributed by atoms with Gasteiger partial charge in [0.25, 0.3) is 0 Å². The lowest BCUT2D eigenvalue weighted by molar-refractivity contribution is -0.870. The molecule has 23 heavy (non-hydrogen) atoms. The Morgan fingerprint density at radius 1 is 0.652 bits per heavy atom. The molecule has 0 spiro atoms. The Morgan fingerprint density at radius 2 is 0.913 bits per heavy atom. The van der Waals surface area contributed by atoms with Crippen LogP contribution in [0.25, 0.3) is 0 Å². The molecule has 0 amide bonds. The Bertz CT molecular complexity index is 285. The Morgan fingerprint density at radius 3 is 1.13 bits per heavy atom. The van der Waals surface area contributed by atoms with Crippen LogP contribution >= 0.6 is 0 Å². The summed E-state index contributed by atoms with van der Waals surface area (Å²) in [4.78, 5) is 39.5. The van der Waals surface area contributed by atoms with Crippen molar-refractivity contribution in [3.63, 3.8) is 0 Å². The van der Waals surface area contributed by atoms with E-state index in [1.165, 1.54) is 0 Å². The number of rotatable bonds is 10. The second kappa shape index (κ2) is 10.2. The molecule has 0 fully saturated rings. The average molecular weight is 373 g/mol. The zero-order valence-corrected chi connectivity index (χ0v) is 18.3. The van der Waals surface area contributed by atoms with Crippen molar-refractivity contribution in [3.05, 3.63) is 14.9 Å². The van der Waals surface area contributed by atoms with E-state index in [0.29, 0.717) is 12.8 Å². The molecule has 0 rings (SSSR count). The molecule has 0 aromatic rings. The van der Waals surface area contributed by atoms with Crippen LogP contribution in [0, 0.1) is 14.9 Å². The van der Waals surface area contributed by atoms with Gasteiger partial charge in [-0.3, -0.25) is 0 Å². The topological polar surface area (TPSA) is 90.2 Å². The van der Waals surface area contributed by atoms with Gasteiger partial charge in [-0.15, -0.1) is 0 Å². The third-order valence-corrected chi connectivity index (χ3v) is 7.61. The first-order valence-corrected chi connectivity index (χ1v) is 11.3. The molecule has 7 nitrogen and oxygen atoms in total. The van der Waals surface area contributed by atoms with E-state index in [2.05, 4.69) is 0 Å². The van der Waals surface area contributed by atoms with Crippen LogP contribution in [0.1, 0.15) is 12.8 Å². The second-order valence-corrected chi connectivity index (χ2v) is 12.6. The van der Waals surface area contributed by atoms with Crippen molar-refractivity contribution in [2.45, 2.75) is 24.9 Å². The van der Waals surface area contributed by atoms with E-state index in [1.807, 2.05) is 42.3 Å². The van der Waals surface area contributed by atoms with Crippen LogP contribution in [0.2, 0.25) is 12.1 Å². The van der Waals surface area contributed by atoms with Gasteiger partial charge in [-0.2, -0.15) is 0 Å². The molecule has 0 aromatic heterocycles. The van der Waals surface area contributed by atoms with E-state index in [-0.39, 0.29) is 26.9 Å². The summed E-state index contributed by atoms with van der Waals surface area (Å²) >= 11 is 0. The van der Waals surface area contributed by atoms with E-state index >= 15 is 0 Å². The first-order chi connectivity index (χ1) is 9.12. The fraction of sp³-hybridized carbons (Fsp3) is 0.857. The van der Waals surface area contributed by atoms with Crippen LogP contribution < -0.4 is 0 Å². The Balaban J connectivity index is -0.00000200. The van der Waals surface area contributed by atoms with Crippen molar-refractivity contribution < 1.29 is 32.3 Å². The Kier molecular flexibility index (Phi) is 12.4. The predicted octanol–water partition coefficient (Wildman–Crippen LogP) is -0.0568. The molecule has 0 aliphatic carbocycles. The summed E-state index contributed by atoms with van der Waals surface area (Å²) in [6, 6.07) is 0.182. The summed E-state index contributed by atoms with van der Waals surface area (Å²) in [5, 5.41) is 0. The van der Waals surface area contributed by atoms with Gasteiger partial charge >= 0.3 is 17.6 Å². The molecule has 0 unspecified atom stereocenters. The Labute approximate surface area is 145 Å². The maximum absolute atomic E-state index is 9.88. The van der Waals surface area contributed by atoms with Gasteiger partial charge in [0.1, 0.15) is 0 Å². The highest BCUT2D eigenvalue weighted by Crippen LogP contribution is 2.17. The van der Waals surface area contributed by atoms with Crippen LogP contribution in [-0.2, 0) is 4.12 Å². The first kappa shape index (κ1) is 28.0. The van der Waals surface area contributed by atoms with Gasteiger partial charge in [0.2, 0.25) is 0 Å². The fourth-order valence-corrected chi connectivity index (χ4v) is 6.08. The van der Waals surface area contributed by atoms with Gasteiger partial charge in [0.05, 0.1) is 55.4 Å². The van der Waals surface area contributed by atoms with Crippen LogP contribution in [-0.4, -0.2) is 101 Å². The molecule has 0 aliphatic heterocycles. The summed E-state index contributed by atoms with van der Waals surface area (Å²) in [6.07, 6.45) is 1.15. The lowest BCUT2D eigenvalue weighted by atomic mass is 10.4. The number of hydrogen-bond donors (Lipinski definition) is 4. The maximum Gasteiger partial charge on any atom is 0.488 e. The molecular weight excluding hydrogens is 332 g/mol. The lowest BCUT2D eigenvalue weighted by Crippen LogP contribution is -2.53. The van der Waals surface area contributed by atoms with Crippen LogP contribution in [0.4, 0.5) is 0 Å². The highest BCUT2D eigenvalue weighted by atomic mass is 28.5. The van der Waals surface area contributed by atoms with Crippen molar-refractivity contribution in [3.8, 4) is 0 Å². The van der Waals surface area contributed by atoms with Gasteiger partial charge in [-0.05, 0) is 0 Å². The smallest absolute Gasteiger partial charge is 0.390 e. The van der Waals surface area contributed by atoms with Crippen LogP contribution in [0.15, 0.2) is 0 Å². The molecule has 0 atom stereocenters. The minimum absolute atomic E-state index is 0. The Hall–Kier alpha value is 0.154. The molecule has 0 bridgehead atoms. The summed E-state index contributed by atoms with van der Waals surface area (Å²) in [5.41, 5.74) is 0. The maximum atomic E-state index is 9.88. The van der Waals surface area contributed by atoms with Crippen molar-refractivity contribution in [2.75, 3.05) is 55.4 Å². The monoisotopic (exact) mass is 372 g/mol. The minimum Gasteiger partial charge on any atom is -0.390 e. The third-order valence-electron chi connectivity index (χ3n) is 2.99. The highest BCUT2D eigenvalue weighted by Gasteiger charge is 2.45. The highest BCUT2D eigenvalue weighted by molar-refractivity contribution is 6.72. The molecule has 0 saturated heterocycles. The molecule has 0 radical (unpaired) electrons. The molecule has 0 aromatic carbocycles. The van der Waals surface area contributed by atoms with Gasteiger partial charge in [0.15, 0.2) is 0 Å². The summed E-state index contributed by atoms with van der Waals surface area (Å²) in [6.45, 7) is 1.54. The van der Waals surface area contributed by atoms with Crippen LogP contribution in [0.5, 0.6) is 0 Å². The van der Waals surface area contributed by atoms with E-state index in [0.717, 1.165) is 22.1 Å². The zero-order valence-electron chi connectivity index (χ0n) is 16.3. The van der Waals surface area contributed by atoms with Crippen molar-refractivity contribution in [1.82, 2.24) is 0 Å². The van der Waals surface area contributed by atoms with Gasteiger partial charge in [-0.1, -0.05) is 0 Å². The third kappa shape index (κ3) is 18.3. The standard InChI is InChI=1S/C12H34N2O5Si2.2CH3/c1-13(2,3)9-7-11-20(15,16)19-21(17,18)12-8-10-14(4,5)6;;/h15-18H,7-12H2,1-6H3;2*1H3/q+2;2*-1. The van der Waals surface area contributed by atoms with E-state index < -0.39 is 17.6 Å². The van der Waals surface area contributed by atoms with Crippen LogP contribution in [0.3, 0.4) is 0 Å². The summed E-state index contributed by atoms with van der Waals surface area (Å²) < 4.78 is 6.38. The zero-order chi connectivity index (χ0) is 16.9. The first-order valence-electron chi connectivity index (χ1n) is 7.33. The molecule has 0 aliphatic rings. The minimum atomic E-state index is -3.99. The van der Waals surface area contributed by atoms with E-state index in [1.54, 1.807) is 0 Å². The molecule has 0 heterocycles. The molecular formula is C14H40N2O5Si2. The van der Waals surface area contributed by atoms with Crippen molar-refractivity contribution in [1.29, 1.82) is 0 Å². The van der Waals surface area contributed by atoms with Gasteiger partial charge in [-0.25, -0.2) is 0 Å². The molecule has 9 heteroatoms.